The van der Waals surface area contributed by atoms with Crippen LogP contribution in [0.3, 0.4) is 0 Å². The molecule has 3 saturated heterocycles. The Morgan fingerprint density at radius 3 is 2.28 bits per heavy atom. The van der Waals surface area contributed by atoms with Crippen LogP contribution in [0.5, 0.6) is 0 Å². The van der Waals surface area contributed by atoms with Gasteiger partial charge in [0.2, 0.25) is 15.9 Å². The summed E-state index contributed by atoms with van der Waals surface area (Å²) in [5.41, 5.74) is 0. The Balaban J connectivity index is 1.33. The maximum absolute atomic E-state index is 13.0. The van der Waals surface area contributed by atoms with Crippen LogP contribution in [-0.2, 0) is 14.8 Å². The summed E-state index contributed by atoms with van der Waals surface area (Å²) in [5.74, 6) is 0.927. The summed E-state index contributed by atoms with van der Waals surface area (Å²) in [6, 6.07) is 1.52. The van der Waals surface area contributed by atoms with Gasteiger partial charge in [-0.1, -0.05) is 0 Å². The first kappa shape index (κ1) is 17.7. The van der Waals surface area contributed by atoms with Crippen molar-refractivity contribution >= 4 is 15.9 Å². The van der Waals surface area contributed by atoms with Crippen molar-refractivity contribution in [3.63, 3.8) is 0 Å². The monoisotopic (exact) mass is 369 g/mol. The molecule has 1 saturated carbocycles. The second-order valence-electron chi connectivity index (χ2n) is 8.45. The average molecular weight is 370 g/mol. The molecular formula is C18H31N3O3S. The highest BCUT2D eigenvalue weighted by atomic mass is 32.2. The lowest BCUT2D eigenvalue weighted by molar-refractivity contribution is -0.140. The van der Waals surface area contributed by atoms with Crippen molar-refractivity contribution in [1.82, 2.24) is 14.1 Å². The van der Waals surface area contributed by atoms with E-state index in [2.05, 4.69) is 9.80 Å². The van der Waals surface area contributed by atoms with E-state index >= 15 is 0 Å². The van der Waals surface area contributed by atoms with Crippen LogP contribution >= 0.6 is 0 Å². The number of piperidine rings is 3. The Morgan fingerprint density at radius 1 is 0.920 bits per heavy atom. The molecule has 0 aromatic rings. The number of likely N-dealkylation sites (tertiary alicyclic amines) is 2. The maximum atomic E-state index is 13.0. The van der Waals surface area contributed by atoms with E-state index in [9.17, 15) is 13.2 Å². The first-order valence-corrected chi connectivity index (χ1v) is 11.8. The van der Waals surface area contributed by atoms with Gasteiger partial charge < -0.3 is 4.90 Å². The van der Waals surface area contributed by atoms with Crippen molar-refractivity contribution in [2.75, 3.05) is 39.0 Å². The molecule has 1 amide bonds. The van der Waals surface area contributed by atoms with Gasteiger partial charge in [0.15, 0.2) is 0 Å². The molecule has 4 aliphatic rings. The van der Waals surface area contributed by atoms with Crippen molar-refractivity contribution in [2.45, 2.75) is 57.0 Å². The van der Waals surface area contributed by atoms with Crippen LogP contribution in [0.4, 0.5) is 0 Å². The van der Waals surface area contributed by atoms with Gasteiger partial charge in [0.25, 0.3) is 0 Å². The highest BCUT2D eigenvalue weighted by molar-refractivity contribution is 7.88. The molecule has 142 valence electrons. The van der Waals surface area contributed by atoms with Crippen LogP contribution in [0.2, 0.25) is 0 Å². The van der Waals surface area contributed by atoms with E-state index in [1.165, 1.54) is 42.8 Å². The topological polar surface area (TPSA) is 60.9 Å². The molecule has 1 aliphatic carbocycles. The normalized spacial score (nSPS) is 33.2. The van der Waals surface area contributed by atoms with Gasteiger partial charge in [-0.15, -0.1) is 0 Å². The predicted octanol–water partition coefficient (Wildman–Crippen LogP) is 1.13. The summed E-state index contributed by atoms with van der Waals surface area (Å²) >= 11 is 0. The lowest BCUT2D eigenvalue weighted by Crippen LogP contribution is -2.56. The number of hydrogen-bond acceptors (Lipinski definition) is 4. The third-order valence-electron chi connectivity index (χ3n) is 6.71. The average Bonchev–Trinajstić information content (AvgIpc) is 3.44. The van der Waals surface area contributed by atoms with E-state index in [4.69, 9.17) is 0 Å². The number of hydrogen-bond donors (Lipinski definition) is 0. The summed E-state index contributed by atoms with van der Waals surface area (Å²) in [6.45, 7) is 4.04. The molecule has 3 aliphatic heterocycles. The fourth-order valence-corrected chi connectivity index (χ4v) is 6.07. The molecule has 0 bridgehead atoms. The summed E-state index contributed by atoms with van der Waals surface area (Å²) in [7, 11) is -3.12. The van der Waals surface area contributed by atoms with Crippen LogP contribution < -0.4 is 0 Å². The van der Waals surface area contributed by atoms with Gasteiger partial charge in [0.1, 0.15) is 0 Å². The summed E-state index contributed by atoms with van der Waals surface area (Å²) in [5, 5.41) is 0. The first-order chi connectivity index (χ1) is 11.9. The molecule has 0 unspecified atom stereocenters. The van der Waals surface area contributed by atoms with Gasteiger partial charge in [-0.3, -0.25) is 9.69 Å². The molecule has 6 nitrogen and oxygen atoms in total. The molecule has 0 aromatic carbocycles. The van der Waals surface area contributed by atoms with Gasteiger partial charge in [0.05, 0.1) is 6.26 Å². The number of sulfonamides is 1. The molecule has 0 spiro atoms. The van der Waals surface area contributed by atoms with E-state index in [-0.39, 0.29) is 11.8 Å². The summed E-state index contributed by atoms with van der Waals surface area (Å²) in [4.78, 5) is 17.8. The first-order valence-electron chi connectivity index (χ1n) is 9.93. The number of carbonyl (C=O) groups is 1. The number of rotatable bonds is 3. The minimum absolute atomic E-state index is 0.0117. The second kappa shape index (κ2) is 6.82. The summed E-state index contributed by atoms with van der Waals surface area (Å²) < 4.78 is 24.8. The SMILES string of the molecule is CS(=O)(=O)N1CCC(C(=O)N2CC[C@@H]3[C@@H](CCCN3C3CC3)C2)CC1. The Morgan fingerprint density at radius 2 is 1.64 bits per heavy atom. The number of nitrogens with zero attached hydrogens (tertiary/aromatic N) is 3. The maximum Gasteiger partial charge on any atom is 0.225 e. The zero-order valence-corrected chi connectivity index (χ0v) is 16.1. The third kappa shape index (κ3) is 3.74. The Hall–Kier alpha value is -0.660. The van der Waals surface area contributed by atoms with E-state index in [0.717, 1.165) is 25.6 Å². The standard InChI is InChI=1S/C18H31N3O3S/c1-25(23,24)20-11-6-14(7-12-20)18(22)19-10-8-17-15(13-19)3-2-9-21(17)16-4-5-16/h14-17H,2-13H2,1H3/t15-,17+/m0/s1. The largest absolute Gasteiger partial charge is 0.342 e. The second-order valence-corrected chi connectivity index (χ2v) is 10.4. The Kier molecular flexibility index (Phi) is 4.84. The number of carbonyl (C=O) groups excluding carboxylic acids is 1. The van der Waals surface area contributed by atoms with Gasteiger partial charge in [-0.05, 0) is 57.4 Å². The zero-order valence-electron chi connectivity index (χ0n) is 15.3. The molecule has 0 radical (unpaired) electrons. The smallest absolute Gasteiger partial charge is 0.225 e. The molecule has 7 heteroatoms. The van der Waals surface area contributed by atoms with Crippen molar-refractivity contribution < 1.29 is 13.2 Å². The van der Waals surface area contributed by atoms with Crippen molar-refractivity contribution in [3.05, 3.63) is 0 Å². The minimum atomic E-state index is -3.12. The molecule has 4 rings (SSSR count). The van der Waals surface area contributed by atoms with Crippen LogP contribution in [0.25, 0.3) is 0 Å². The molecule has 4 fully saturated rings. The number of fused-ring (bicyclic) bond motifs is 1. The predicted molar refractivity (Wildman–Crippen MR) is 96.6 cm³/mol. The third-order valence-corrected chi connectivity index (χ3v) is 8.01. The fourth-order valence-electron chi connectivity index (χ4n) is 5.19. The zero-order chi connectivity index (χ0) is 17.6. The fraction of sp³-hybridized carbons (Fsp3) is 0.944. The minimum Gasteiger partial charge on any atom is -0.342 e. The van der Waals surface area contributed by atoms with Crippen molar-refractivity contribution in [1.29, 1.82) is 0 Å². The van der Waals surface area contributed by atoms with Crippen LogP contribution in [-0.4, -0.2) is 79.5 Å². The summed E-state index contributed by atoms with van der Waals surface area (Å²) in [6.07, 6.45) is 8.98. The van der Waals surface area contributed by atoms with E-state index in [1.54, 1.807) is 0 Å². The van der Waals surface area contributed by atoms with E-state index in [1.807, 2.05) is 0 Å². The van der Waals surface area contributed by atoms with Crippen LogP contribution in [0, 0.1) is 11.8 Å². The Labute approximate surface area is 151 Å². The highest BCUT2D eigenvalue weighted by Crippen LogP contribution is 2.38. The van der Waals surface area contributed by atoms with Crippen LogP contribution in [0.15, 0.2) is 0 Å². The van der Waals surface area contributed by atoms with E-state index in [0.29, 0.717) is 37.9 Å². The highest BCUT2D eigenvalue weighted by Gasteiger charge is 2.43. The number of amides is 1. The van der Waals surface area contributed by atoms with Gasteiger partial charge in [0, 0.05) is 44.2 Å². The van der Waals surface area contributed by atoms with Crippen LogP contribution in [0.1, 0.15) is 44.9 Å². The van der Waals surface area contributed by atoms with Gasteiger partial charge >= 0.3 is 0 Å². The van der Waals surface area contributed by atoms with E-state index < -0.39 is 10.0 Å². The van der Waals surface area contributed by atoms with Gasteiger partial charge in [-0.2, -0.15) is 0 Å². The molecule has 3 heterocycles. The van der Waals surface area contributed by atoms with Gasteiger partial charge in [-0.25, -0.2) is 12.7 Å². The molecule has 25 heavy (non-hydrogen) atoms. The molecule has 0 N–H and O–H groups in total. The molecule has 2 atom stereocenters. The Bertz CT molecular complexity index is 611. The molecular weight excluding hydrogens is 338 g/mol. The lowest BCUT2D eigenvalue weighted by Gasteiger charge is -2.48. The quantitative estimate of drug-likeness (QED) is 0.748. The lowest BCUT2D eigenvalue weighted by atomic mass is 9.83. The van der Waals surface area contributed by atoms with Crippen molar-refractivity contribution in [2.24, 2.45) is 11.8 Å². The van der Waals surface area contributed by atoms with Crippen molar-refractivity contribution in [3.8, 4) is 0 Å². The molecule has 0 aromatic heterocycles.